The number of aromatic nitrogens is 3. The molecular weight excluding hydrogens is 365 g/mol. The fraction of sp³-hybridized carbons (Fsp3) is 0.286. The van der Waals surface area contributed by atoms with Crippen molar-refractivity contribution in [3.05, 3.63) is 45.5 Å². The Balaban J connectivity index is 1.88. The normalized spacial score (nSPS) is 15.1. The molecule has 7 nitrogen and oxygen atoms in total. The predicted octanol–water partition coefficient (Wildman–Crippen LogP) is 1.82. The molecule has 0 aromatic carbocycles. The van der Waals surface area contributed by atoms with Gasteiger partial charge in [-0.3, -0.25) is 9.59 Å². The van der Waals surface area contributed by atoms with Gasteiger partial charge < -0.3 is 10.0 Å². The minimum absolute atomic E-state index is 0.113. The fourth-order valence-corrected chi connectivity index (χ4v) is 2.57. The quantitative estimate of drug-likeness (QED) is 0.881. The summed E-state index contributed by atoms with van der Waals surface area (Å²) >= 11 is 6.02. The van der Waals surface area contributed by atoms with E-state index in [1.54, 1.807) is 4.90 Å². The van der Waals surface area contributed by atoms with Crippen LogP contribution in [0.1, 0.15) is 5.56 Å². The summed E-state index contributed by atoms with van der Waals surface area (Å²) in [7, 11) is 0. The minimum Gasteiger partial charge on any atom is -0.481 e. The first-order valence-electron chi connectivity index (χ1n) is 6.97. The molecule has 1 fully saturated rings. The molecule has 0 spiro atoms. The van der Waals surface area contributed by atoms with Gasteiger partial charge in [-0.2, -0.15) is 23.0 Å². The molecule has 0 saturated carbocycles. The molecule has 2 aromatic heterocycles. The van der Waals surface area contributed by atoms with Crippen molar-refractivity contribution in [3.8, 4) is 5.82 Å². The number of anilines is 1. The van der Waals surface area contributed by atoms with Gasteiger partial charge in [-0.1, -0.05) is 11.6 Å². The molecule has 3 rings (SSSR count). The van der Waals surface area contributed by atoms with Crippen molar-refractivity contribution in [2.45, 2.75) is 6.18 Å². The second-order valence-corrected chi connectivity index (χ2v) is 5.78. The van der Waals surface area contributed by atoms with Crippen molar-refractivity contribution in [3.63, 3.8) is 0 Å². The van der Waals surface area contributed by atoms with Crippen molar-refractivity contribution >= 4 is 23.3 Å². The van der Waals surface area contributed by atoms with Gasteiger partial charge in [0.1, 0.15) is 5.02 Å². The Labute approximate surface area is 143 Å². The fourth-order valence-electron chi connectivity index (χ4n) is 2.32. The summed E-state index contributed by atoms with van der Waals surface area (Å²) < 4.78 is 38.4. The van der Waals surface area contributed by atoms with Crippen LogP contribution < -0.4 is 10.5 Å². The topological polar surface area (TPSA) is 88.3 Å². The van der Waals surface area contributed by atoms with E-state index in [1.165, 1.54) is 6.20 Å². The van der Waals surface area contributed by atoms with Crippen LogP contribution in [0.2, 0.25) is 5.02 Å². The van der Waals surface area contributed by atoms with Crippen molar-refractivity contribution in [2.24, 2.45) is 5.92 Å². The molecule has 0 unspecified atom stereocenters. The highest BCUT2D eigenvalue weighted by atomic mass is 35.5. The lowest BCUT2D eigenvalue weighted by Gasteiger charge is -2.38. The highest BCUT2D eigenvalue weighted by molar-refractivity contribution is 6.33. The summed E-state index contributed by atoms with van der Waals surface area (Å²) in [6, 6.07) is 1.79. The number of halogens is 4. The molecule has 0 atom stereocenters. The molecule has 2 aromatic rings. The van der Waals surface area contributed by atoms with Gasteiger partial charge in [0, 0.05) is 19.3 Å². The number of alkyl halides is 3. The molecule has 0 amide bonds. The molecule has 3 heterocycles. The van der Waals surface area contributed by atoms with Gasteiger partial charge in [0.05, 0.1) is 23.4 Å². The number of carboxylic acids is 1. The molecule has 11 heteroatoms. The van der Waals surface area contributed by atoms with Crippen molar-refractivity contribution in [2.75, 3.05) is 18.0 Å². The van der Waals surface area contributed by atoms with Gasteiger partial charge in [-0.15, -0.1) is 0 Å². The largest absolute Gasteiger partial charge is 0.481 e. The first-order valence-corrected chi connectivity index (χ1v) is 7.35. The molecule has 1 saturated heterocycles. The maximum atomic E-state index is 12.5. The van der Waals surface area contributed by atoms with Crippen molar-refractivity contribution < 1.29 is 23.1 Å². The standard InChI is InChI=1S/C14H10ClF3N4O3/c15-11-9(21-5-7(6-21)13(24)25)4-20-22(12(11)23)10-2-1-8(3-19-10)14(16,17)18/h1-4,7H,5-6H2,(H,24,25). The first-order chi connectivity index (χ1) is 11.7. The van der Waals surface area contributed by atoms with E-state index >= 15 is 0 Å². The monoisotopic (exact) mass is 374 g/mol. The van der Waals surface area contributed by atoms with Gasteiger partial charge >= 0.3 is 12.1 Å². The van der Waals surface area contributed by atoms with Gasteiger partial charge in [-0.25, -0.2) is 4.98 Å². The van der Waals surface area contributed by atoms with Crippen molar-refractivity contribution in [1.29, 1.82) is 0 Å². The molecule has 1 N–H and O–H groups in total. The zero-order valence-electron chi connectivity index (χ0n) is 12.4. The van der Waals surface area contributed by atoms with Crippen LogP contribution in [0.4, 0.5) is 18.9 Å². The Hall–Kier alpha value is -2.62. The number of nitrogens with zero attached hydrogens (tertiary/aromatic N) is 4. The number of hydrogen-bond donors (Lipinski definition) is 1. The predicted molar refractivity (Wildman–Crippen MR) is 81.0 cm³/mol. The molecule has 132 valence electrons. The Morgan fingerprint density at radius 3 is 2.48 bits per heavy atom. The van der Waals surface area contributed by atoms with Gasteiger partial charge in [0.25, 0.3) is 5.56 Å². The summed E-state index contributed by atoms with van der Waals surface area (Å²) in [5.74, 6) is -1.60. The van der Waals surface area contributed by atoms with Crippen LogP contribution in [-0.2, 0) is 11.0 Å². The van der Waals surface area contributed by atoms with E-state index in [2.05, 4.69) is 10.1 Å². The Kier molecular flexibility index (Phi) is 4.15. The van der Waals surface area contributed by atoms with Crippen molar-refractivity contribution in [1.82, 2.24) is 14.8 Å². The third-order valence-electron chi connectivity index (χ3n) is 3.76. The summed E-state index contributed by atoms with van der Waals surface area (Å²) in [5, 5.41) is 12.5. The smallest absolute Gasteiger partial charge is 0.417 e. The Morgan fingerprint density at radius 2 is 1.96 bits per heavy atom. The summed E-state index contributed by atoms with van der Waals surface area (Å²) in [6.07, 6.45) is -2.69. The number of aliphatic carboxylic acids is 1. The molecule has 0 aliphatic carbocycles. The second-order valence-electron chi connectivity index (χ2n) is 5.40. The van der Waals surface area contributed by atoms with E-state index in [-0.39, 0.29) is 29.6 Å². The highest BCUT2D eigenvalue weighted by Crippen LogP contribution is 2.30. The SMILES string of the molecule is O=C(O)C1CN(c2cnn(-c3ccc(C(F)(F)F)cn3)c(=O)c2Cl)C1. The summed E-state index contributed by atoms with van der Waals surface area (Å²) in [5.41, 5.74) is -1.44. The zero-order chi connectivity index (χ0) is 18.4. The third kappa shape index (κ3) is 3.16. The van der Waals surface area contributed by atoms with Crippen LogP contribution >= 0.6 is 11.6 Å². The Morgan fingerprint density at radius 1 is 1.28 bits per heavy atom. The van der Waals surface area contributed by atoms with E-state index in [4.69, 9.17) is 16.7 Å². The molecular formula is C14H10ClF3N4O3. The lowest BCUT2D eigenvalue weighted by atomic mass is 10.0. The third-order valence-corrected chi connectivity index (χ3v) is 4.12. The zero-order valence-corrected chi connectivity index (χ0v) is 13.1. The van der Waals surface area contributed by atoms with Gasteiger partial charge in [0.15, 0.2) is 5.82 Å². The van der Waals surface area contributed by atoms with Gasteiger partial charge in [-0.05, 0) is 12.1 Å². The second kappa shape index (κ2) is 6.03. The van der Waals surface area contributed by atoms with E-state index in [0.717, 1.165) is 16.8 Å². The first kappa shape index (κ1) is 17.2. The van der Waals surface area contributed by atoms with E-state index in [9.17, 15) is 22.8 Å². The highest BCUT2D eigenvalue weighted by Gasteiger charge is 2.34. The average molecular weight is 375 g/mol. The molecule has 1 aliphatic rings. The number of carbonyl (C=O) groups is 1. The maximum absolute atomic E-state index is 12.5. The summed E-state index contributed by atoms with van der Waals surface area (Å²) in [6.45, 7) is 0.386. The molecule has 1 aliphatic heterocycles. The number of pyridine rings is 1. The Bertz CT molecular complexity index is 876. The molecule has 0 radical (unpaired) electrons. The van der Waals surface area contributed by atoms with Crippen LogP contribution in [0.5, 0.6) is 0 Å². The lowest BCUT2D eigenvalue weighted by molar-refractivity contribution is -0.142. The van der Waals surface area contributed by atoms with Crippen LogP contribution in [0.25, 0.3) is 5.82 Å². The summed E-state index contributed by atoms with van der Waals surface area (Å²) in [4.78, 5) is 28.3. The maximum Gasteiger partial charge on any atom is 0.417 e. The number of carboxylic acid groups (broad SMARTS) is 1. The minimum atomic E-state index is -4.54. The van der Waals surface area contributed by atoms with Crippen LogP contribution in [0.15, 0.2) is 29.3 Å². The lowest BCUT2D eigenvalue weighted by Crippen LogP contribution is -2.51. The number of rotatable bonds is 3. The number of hydrogen-bond acceptors (Lipinski definition) is 5. The van der Waals surface area contributed by atoms with Gasteiger partial charge in [0.2, 0.25) is 0 Å². The van der Waals surface area contributed by atoms with Crippen LogP contribution in [0, 0.1) is 5.92 Å². The van der Waals surface area contributed by atoms with Crippen LogP contribution in [0.3, 0.4) is 0 Å². The molecule has 25 heavy (non-hydrogen) atoms. The van der Waals surface area contributed by atoms with Crippen LogP contribution in [-0.4, -0.2) is 38.9 Å². The van der Waals surface area contributed by atoms with E-state index < -0.39 is 29.2 Å². The van der Waals surface area contributed by atoms with E-state index in [1.807, 2.05) is 0 Å². The average Bonchev–Trinajstić information content (AvgIpc) is 2.49. The molecule has 0 bridgehead atoms. The van der Waals surface area contributed by atoms with E-state index in [0.29, 0.717) is 6.20 Å².